The highest BCUT2D eigenvalue weighted by Gasteiger charge is 2.34. The molecular formula is C10H20FN. The van der Waals surface area contributed by atoms with Crippen molar-refractivity contribution in [3.05, 3.63) is 0 Å². The zero-order valence-corrected chi connectivity index (χ0v) is 8.44. The average Bonchev–Trinajstić information content (AvgIpc) is 2.05. The van der Waals surface area contributed by atoms with Gasteiger partial charge in [-0.25, -0.2) is 4.39 Å². The molecule has 0 aliphatic carbocycles. The minimum Gasteiger partial charge on any atom is -0.298 e. The maximum absolute atomic E-state index is 13.9. The molecule has 1 saturated heterocycles. The van der Waals surface area contributed by atoms with E-state index >= 15 is 0 Å². The van der Waals surface area contributed by atoms with E-state index in [9.17, 15) is 4.39 Å². The molecule has 0 N–H and O–H groups in total. The molecule has 0 aromatic carbocycles. The highest BCUT2D eigenvalue weighted by Crippen LogP contribution is 2.29. The lowest BCUT2D eigenvalue weighted by Gasteiger charge is -2.39. The SMILES string of the molecule is CC[C@]1(F)CCCN(C(C)C)C1. The second-order valence-corrected chi connectivity index (χ2v) is 4.17. The van der Waals surface area contributed by atoms with E-state index in [-0.39, 0.29) is 0 Å². The first kappa shape index (κ1) is 9.97. The van der Waals surface area contributed by atoms with Crippen molar-refractivity contribution in [3.63, 3.8) is 0 Å². The van der Waals surface area contributed by atoms with Crippen LogP contribution in [-0.2, 0) is 0 Å². The van der Waals surface area contributed by atoms with Gasteiger partial charge in [0.05, 0.1) is 0 Å². The van der Waals surface area contributed by atoms with Gasteiger partial charge >= 0.3 is 0 Å². The summed E-state index contributed by atoms with van der Waals surface area (Å²) in [6.07, 6.45) is 2.44. The van der Waals surface area contributed by atoms with Crippen molar-refractivity contribution >= 4 is 0 Å². The van der Waals surface area contributed by atoms with Gasteiger partial charge in [-0.1, -0.05) is 6.92 Å². The Hall–Kier alpha value is -0.110. The molecule has 0 aromatic rings. The van der Waals surface area contributed by atoms with Crippen molar-refractivity contribution < 1.29 is 4.39 Å². The molecule has 0 bridgehead atoms. The summed E-state index contributed by atoms with van der Waals surface area (Å²) >= 11 is 0. The van der Waals surface area contributed by atoms with E-state index in [1.807, 2.05) is 6.92 Å². The molecule has 0 radical (unpaired) electrons. The molecule has 1 aliphatic heterocycles. The highest BCUT2D eigenvalue weighted by atomic mass is 19.1. The molecule has 72 valence electrons. The number of likely N-dealkylation sites (tertiary alicyclic amines) is 1. The number of alkyl halides is 1. The Labute approximate surface area is 74.9 Å². The predicted molar refractivity (Wildman–Crippen MR) is 50.1 cm³/mol. The fourth-order valence-corrected chi connectivity index (χ4v) is 1.85. The molecule has 12 heavy (non-hydrogen) atoms. The molecule has 0 aromatic heterocycles. The zero-order valence-electron chi connectivity index (χ0n) is 8.44. The van der Waals surface area contributed by atoms with Crippen molar-refractivity contribution in [1.29, 1.82) is 0 Å². The largest absolute Gasteiger partial charge is 0.298 e. The zero-order chi connectivity index (χ0) is 9.19. The summed E-state index contributed by atoms with van der Waals surface area (Å²) < 4.78 is 13.9. The lowest BCUT2D eigenvalue weighted by molar-refractivity contribution is 0.0270. The van der Waals surface area contributed by atoms with Gasteiger partial charge in [-0.05, 0) is 39.7 Å². The molecule has 0 saturated carbocycles. The molecule has 1 aliphatic rings. The molecule has 2 heteroatoms. The van der Waals surface area contributed by atoms with Crippen molar-refractivity contribution in [3.8, 4) is 0 Å². The van der Waals surface area contributed by atoms with E-state index in [2.05, 4.69) is 18.7 Å². The third kappa shape index (κ3) is 2.19. The smallest absolute Gasteiger partial charge is 0.123 e. The maximum atomic E-state index is 13.9. The highest BCUT2D eigenvalue weighted by molar-refractivity contribution is 4.87. The number of halogens is 1. The van der Waals surface area contributed by atoms with Crippen LogP contribution in [0.15, 0.2) is 0 Å². The third-order valence-corrected chi connectivity index (χ3v) is 2.92. The average molecular weight is 173 g/mol. The molecule has 1 nitrogen and oxygen atoms in total. The van der Waals surface area contributed by atoms with Crippen LogP contribution < -0.4 is 0 Å². The van der Waals surface area contributed by atoms with Crippen molar-refractivity contribution in [2.24, 2.45) is 0 Å². The second-order valence-electron chi connectivity index (χ2n) is 4.17. The molecular weight excluding hydrogens is 153 g/mol. The van der Waals surface area contributed by atoms with Gasteiger partial charge in [-0.2, -0.15) is 0 Å². The molecule has 0 amide bonds. The first-order valence-electron chi connectivity index (χ1n) is 5.00. The Balaban J connectivity index is 2.51. The van der Waals surface area contributed by atoms with E-state index in [0.717, 1.165) is 19.4 Å². The van der Waals surface area contributed by atoms with Crippen LogP contribution in [0.3, 0.4) is 0 Å². The predicted octanol–water partition coefficient (Wildman–Crippen LogP) is 2.61. The Morgan fingerprint density at radius 1 is 1.50 bits per heavy atom. The van der Waals surface area contributed by atoms with Crippen molar-refractivity contribution in [2.45, 2.75) is 51.7 Å². The molecule has 1 fully saturated rings. The van der Waals surface area contributed by atoms with Gasteiger partial charge in [-0.15, -0.1) is 0 Å². The summed E-state index contributed by atoms with van der Waals surface area (Å²) in [6, 6.07) is 0.493. The number of hydrogen-bond acceptors (Lipinski definition) is 1. The summed E-state index contributed by atoms with van der Waals surface area (Å²) in [6.45, 7) is 7.94. The lowest BCUT2D eigenvalue weighted by atomic mass is 9.91. The van der Waals surface area contributed by atoms with Gasteiger partial charge in [0.25, 0.3) is 0 Å². The van der Waals surface area contributed by atoms with Gasteiger partial charge < -0.3 is 0 Å². The van der Waals surface area contributed by atoms with E-state index in [4.69, 9.17) is 0 Å². The quantitative estimate of drug-likeness (QED) is 0.620. The summed E-state index contributed by atoms with van der Waals surface area (Å²) in [5, 5.41) is 0. The fourth-order valence-electron chi connectivity index (χ4n) is 1.85. The Kier molecular flexibility index (Phi) is 3.10. The van der Waals surface area contributed by atoms with Crippen LogP contribution in [0.2, 0.25) is 0 Å². The third-order valence-electron chi connectivity index (χ3n) is 2.92. The second kappa shape index (κ2) is 3.73. The Morgan fingerprint density at radius 2 is 2.17 bits per heavy atom. The topological polar surface area (TPSA) is 3.24 Å². The normalized spacial score (nSPS) is 32.8. The maximum Gasteiger partial charge on any atom is 0.123 e. The summed E-state index contributed by atoms with van der Waals surface area (Å²) in [7, 11) is 0. The van der Waals surface area contributed by atoms with E-state index in [0.29, 0.717) is 19.0 Å². The Bertz CT molecular complexity index is 147. The fraction of sp³-hybridized carbons (Fsp3) is 1.00. The van der Waals surface area contributed by atoms with Gasteiger partial charge in [0.15, 0.2) is 0 Å². The Morgan fingerprint density at radius 3 is 2.67 bits per heavy atom. The van der Waals surface area contributed by atoms with Gasteiger partial charge in [0, 0.05) is 12.6 Å². The van der Waals surface area contributed by atoms with Crippen molar-refractivity contribution in [1.82, 2.24) is 4.90 Å². The summed E-state index contributed by atoms with van der Waals surface area (Å²) in [5.41, 5.74) is -0.900. The number of hydrogen-bond donors (Lipinski definition) is 0. The minimum absolute atomic E-state index is 0.493. The number of nitrogens with zero attached hydrogens (tertiary/aromatic N) is 1. The molecule has 0 spiro atoms. The van der Waals surface area contributed by atoms with Gasteiger partial charge in [0.2, 0.25) is 0 Å². The first-order valence-corrected chi connectivity index (χ1v) is 5.00. The molecule has 1 atom stereocenters. The van der Waals surface area contributed by atoms with Crippen LogP contribution in [-0.4, -0.2) is 29.7 Å². The van der Waals surface area contributed by atoms with Crippen LogP contribution in [0.1, 0.15) is 40.0 Å². The standard InChI is InChI=1S/C10H20FN/c1-4-10(11)6-5-7-12(8-10)9(2)3/h9H,4-8H2,1-3H3/t10-/m0/s1. The molecule has 0 unspecified atom stereocenters. The van der Waals surface area contributed by atoms with Crippen LogP contribution in [0.4, 0.5) is 4.39 Å². The summed E-state index contributed by atoms with van der Waals surface area (Å²) in [5.74, 6) is 0. The number of rotatable bonds is 2. The van der Waals surface area contributed by atoms with E-state index in [1.54, 1.807) is 0 Å². The monoisotopic (exact) mass is 173 g/mol. The van der Waals surface area contributed by atoms with Gasteiger partial charge in [-0.3, -0.25) is 4.90 Å². The summed E-state index contributed by atoms with van der Waals surface area (Å²) in [4.78, 5) is 2.24. The van der Waals surface area contributed by atoms with Crippen LogP contribution in [0, 0.1) is 0 Å². The van der Waals surface area contributed by atoms with Crippen LogP contribution in [0.25, 0.3) is 0 Å². The van der Waals surface area contributed by atoms with Gasteiger partial charge in [0.1, 0.15) is 5.67 Å². The first-order chi connectivity index (χ1) is 5.57. The van der Waals surface area contributed by atoms with Crippen LogP contribution in [0.5, 0.6) is 0 Å². The van der Waals surface area contributed by atoms with E-state index in [1.165, 1.54) is 0 Å². The molecule has 1 rings (SSSR count). The lowest BCUT2D eigenvalue weighted by Crippen LogP contribution is -2.47. The van der Waals surface area contributed by atoms with Crippen molar-refractivity contribution in [2.75, 3.05) is 13.1 Å². The minimum atomic E-state index is -0.900. The van der Waals surface area contributed by atoms with E-state index < -0.39 is 5.67 Å². The van der Waals surface area contributed by atoms with Crippen LogP contribution >= 0.6 is 0 Å². The molecule has 1 heterocycles. The number of piperidine rings is 1.